The van der Waals surface area contributed by atoms with Gasteiger partial charge in [-0.2, -0.15) is 0 Å². The van der Waals surface area contributed by atoms with Crippen LogP contribution in [0.4, 0.5) is 11.4 Å². The Balaban J connectivity index is 1.90. The number of carbonyl (C=O) groups is 1. The minimum absolute atomic E-state index is 0.0413. The normalized spacial score (nSPS) is 27.0. The number of anilines is 2. The van der Waals surface area contributed by atoms with E-state index >= 15 is 0 Å². The first-order valence-electron chi connectivity index (χ1n) is 6.83. The van der Waals surface area contributed by atoms with Crippen molar-refractivity contribution < 1.29 is 18.3 Å². The Bertz CT molecular complexity index is 701. The van der Waals surface area contributed by atoms with Crippen molar-refractivity contribution in [3.8, 4) is 0 Å². The Morgan fingerprint density at radius 3 is 2.71 bits per heavy atom. The molecule has 6 nitrogen and oxygen atoms in total. The van der Waals surface area contributed by atoms with Gasteiger partial charge in [-0.15, -0.1) is 0 Å². The standard InChI is InChI=1S/C14H18N2O4S/c1-15(10-5-6-21(19,20)8-10)9-3-4-11-12(7-9)16(2)14(18)13(11)17/h3-4,7,10,13,17H,5-6,8H2,1-2H3. The summed E-state index contributed by atoms with van der Waals surface area (Å²) in [6.07, 6.45) is -0.482. The number of benzene rings is 1. The van der Waals surface area contributed by atoms with Crippen LogP contribution in [0.1, 0.15) is 18.1 Å². The number of nitrogens with zero attached hydrogens (tertiary/aromatic N) is 2. The van der Waals surface area contributed by atoms with E-state index in [-0.39, 0.29) is 23.5 Å². The zero-order valence-electron chi connectivity index (χ0n) is 12.0. The minimum Gasteiger partial charge on any atom is -0.378 e. The van der Waals surface area contributed by atoms with Crippen molar-refractivity contribution in [2.45, 2.75) is 18.6 Å². The summed E-state index contributed by atoms with van der Waals surface area (Å²) in [6.45, 7) is 0. The zero-order valence-corrected chi connectivity index (χ0v) is 12.8. The monoisotopic (exact) mass is 310 g/mol. The quantitative estimate of drug-likeness (QED) is 0.851. The highest BCUT2D eigenvalue weighted by molar-refractivity contribution is 7.91. The summed E-state index contributed by atoms with van der Waals surface area (Å²) in [7, 11) is 0.553. The first-order chi connectivity index (χ1) is 9.80. The molecule has 1 aromatic rings. The Labute approximate surface area is 123 Å². The lowest BCUT2D eigenvalue weighted by atomic mass is 10.1. The summed E-state index contributed by atoms with van der Waals surface area (Å²) >= 11 is 0. The summed E-state index contributed by atoms with van der Waals surface area (Å²) < 4.78 is 23.2. The lowest BCUT2D eigenvalue weighted by Crippen LogP contribution is -2.32. The highest BCUT2D eigenvalue weighted by atomic mass is 32.2. The molecule has 0 bridgehead atoms. The van der Waals surface area contributed by atoms with Gasteiger partial charge in [0, 0.05) is 31.4 Å². The van der Waals surface area contributed by atoms with Crippen molar-refractivity contribution in [1.29, 1.82) is 0 Å². The van der Waals surface area contributed by atoms with Crippen LogP contribution in [0.15, 0.2) is 18.2 Å². The van der Waals surface area contributed by atoms with Crippen LogP contribution in [0, 0.1) is 0 Å². The Kier molecular flexibility index (Phi) is 3.22. The van der Waals surface area contributed by atoms with Crippen molar-refractivity contribution in [3.63, 3.8) is 0 Å². The topological polar surface area (TPSA) is 77.9 Å². The third kappa shape index (κ3) is 2.30. The van der Waals surface area contributed by atoms with Crippen LogP contribution in [0.5, 0.6) is 0 Å². The van der Waals surface area contributed by atoms with Crippen molar-refractivity contribution in [3.05, 3.63) is 23.8 Å². The number of fused-ring (bicyclic) bond motifs is 1. The van der Waals surface area contributed by atoms with Gasteiger partial charge in [-0.25, -0.2) is 8.42 Å². The van der Waals surface area contributed by atoms with Crippen LogP contribution in [0.2, 0.25) is 0 Å². The Morgan fingerprint density at radius 2 is 2.10 bits per heavy atom. The van der Waals surface area contributed by atoms with E-state index in [4.69, 9.17) is 0 Å². The molecule has 0 aromatic heterocycles. The van der Waals surface area contributed by atoms with E-state index in [9.17, 15) is 18.3 Å². The zero-order chi connectivity index (χ0) is 15.4. The molecule has 2 aliphatic heterocycles. The van der Waals surface area contributed by atoms with Gasteiger partial charge in [0.15, 0.2) is 15.9 Å². The van der Waals surface area contributed by atoms with Crippen LogP contribution >= 0.6 is 0 Å². The maximum absolute atomic E-state index is 11.8. The van der Waals surface area contributed by atoms with E-state index < -0.39 is 15.9 Å². The summed E-state index contributed by atoms with van der Waals surface area (Å²) in [5, 5.41) is 9.85. The highest BCUT2D eigenvalue weighted by Crippen LogP contribution is 2.38. The molecule has 1 N–H and O–H groups in total. The van der Waals surface area contributed by atoms with Crippen LogP contribution in [0.3, 0.4) is 0 Å². The van der Waals surface area contributed by atoms with Crippen LogP contribution in [-0.2, 0) is 14.6 Å². The predicted molar refractivity (Wildman–Crippen MR) is 80.3 cm³/mol. The molecule has 1 saturated heterocycles. The molecule has 114 valence electrons. The number of hydrogen-bond acceptors (Lipinski definition) is 5. The third-order valence-corrected chi connectivity index (χ3v) is 6.15. The molecule has 7 heteroatoms. The minimum atomic E-state index is -2.93. The smallest absolute Gasteiger partial charge is 0.260 e. The number of aliphatic hydroxyl groups is 1. The van der Waals surface area contributed by atoms with Crippen molar-refractivity contribution in [2.24, 2.45) is 0 Å². The summed E-state index contributed by atoms with van der Waals surface area (Å²) in [5.41, 5.74) is 2.13. The molecule has 0 spiro atoms. The molecular weight excluding hydrogens is 292 g/mol. The lowest BCUT2D eigenvalue weighted by Gasteiger charge is -2.26. The average Bonchev–Trinajstić information content (AvgIpc) is 2.92. The third-order valence-electron chi connectivity index (χ3n) is 4.40. The number of hydrogen-bond donors (Lipinski definition) is 1. The maximum atomic E-state index is 11.8. The highest BCUT2D eigenvalue weighted by Gasteiger charge is 2.35. The molecule has 1 aromatic carbocycles. The van der Waals surface area contributed by atoms with E-state index in [0.717, 1.165) is 5.69 Å². The molecule has 1 amide bonds. The second-order valence-corrected chi connectivity index (χ2v) is 7.94. The van der Waals surface area contributed by atoms with Gasteiger partial charge >= 0.3 is 0 Å². The first kappa shape index (κ1) is 14.3. The Morgan fingerprint density at radius 1 is 1.38 bits per heavy atom. The average molecular weight is 310 g/mol. The van der Waals surface area contributed by atoms with Crippen LogP contribution in [0.25, 0.3) is 0 Å². The van der Waals surface area contributed by atoms with Gasteiger partial charge in [0.1, 0.15) is 0 Å². The van der Waals surface area contributed by atoms with Crippen LogP contribution < -0.4 is 9.80 Å². The predicted octanol–water partition coefficient (Wildman–Crippen LogP) is 0.320. The van der Waals surface area contributed by atoms with Gasteiger partial charge in [-0.05, 0) is 18.6 Å². The summed E-state index contributed by atoms with van der Waals surface area (Å²) in [6, 6.07) is 5.34. The van der Waals surface area contributed by atoms with E-state index in [0.29, 0.717) is 17.7 Å². The number of sulfone groups is 1. The van der Waals surface area contributed by atoms with Crippen molar-refractivity contribution >= 4 is 27.1 Å². The molecule has 1 fully saturated rings. The van der Waals surface area contributed by atoms with Crippen molar-refractivity contribution in [2.75, 3.05) is 35.4 Å². The van der Waals surface area contributed by atoms with Gasteiger partial charge in [0.25, 0.3) is 5.91 Å². The fraction of sp³-hybridized carbons (Fsp3) is 0.500. The molecule has 0 aliphatic carbocycles. The summed E-state index contributed by atoms with van der Waals surface area (Å²) in [5.74, 6) is 0.0513. The van der Waals surface area contributed by atoms with E-state index in [1.165, 1.54) is 4.90 Å². The number of likely N-dealkylation sites (N-methyl/N-ethyl adjacent to an activating group) is 1. The SMILES string of the molecule is CN1C(=O)C(O)c2ccc(N(C)C3CCS(=O)(=O)C3)cc21. The fourth-order valence-corrected chi connectivity index (χ4v) is 4.77. The molecule has 21 heavy (non-hydrogen) atoms. The molecule has 0 saturated carbocycles. The lowest BCUT2D eigenvalue weighted by molar-refractivity contribution is -0.125. The first-order valence-corrected chi connectivity index (χ1v) is 8.65. The molecule has 3 rings (SSSR count). The van der Waals surface area contributed by atoms with Gasteiger partial charge in [0.05, 0.1) is 17.2 Å². The molecule has 2 atom stereocenters. The van der Waals surface area contributed by atoms with E-state index in [1.54, 1.807) is 13.1 Å². The maximum Gasteiger partial charge on any atom is 0.260 e. The molecule has 2 aliphatic rings. The Hall–Kier alpha value is -1.60. The number of carbonyl (C=O) groups excluding carboxylic acids is 1. The molecule has 2 heterocycles. The fourth-order valence-electron chi connectivity index (χ4n) is 3.00. The largest absolute Gasteiger partial charge is 0.378 e. The molecule has 2 unspecified atom stereocenters. The van der Waals surface area contributed by atoms with Crippen LogP contribution in [-0.4, -0.2) is 51.1 Å². The molecular formula is C14H18N2O4S. The molecule has 0 radical (unpaired) electrons. The number of aliphatic hydroxyl groups excluding tert-OH is 1. The van der Waals surface area contributed by atoms with Gasteiger partial charge in [0.2, 0.25) is 0 Å². The van der Waals surface area contributed by atoms with Gasteiger partial charge in [-0.3, -0.25) is 4.79 Å². The second-order valence-electron chi connectivity index (χ2n) is 5.71. The number of amides is 1. The second kappa shape index (κ2) is 4.71. The number of rotatable bonds is 2. The van der Waals surface area contributed by atoms with Crippen molar-refractivity contribution in [1.82, 2.24) is 0 Å². The van der Waals surface area contributed by atoms with Gasteiger partial charge < -0.3 is 14.9 Å². The summed E-state index contributed by atoms with van der Waals surface area (Å²) in [4.78, 5) is 15.1. The van der Waals surface area contributed by atoms with Gasteiger partial charge in [-0.1, -0.05) is 6.07 Å². The van der Waals surface area contributed by atoms with E-state index in [2.05, 4.69) is 0 Å². The van der Waals surface area contributed by atoms with E-state index in [1.807, 2.05) is 24.1 Å².